The second kappa shape index (κ2) is 3.61. The van der Waals surface area contributed by atoms with Crippen molar-refractivity contribution in [3.05, 3.63) is 29.7 Å². The number of carboxylic acid groups (broad SMARTS) is 1. The third kappa shape index (κ3) is 1.58. The fourth-order valence-electron chi connectivity index (χ4n) is 1.25. The van der Waals surface area contributed by atoms with Crippen molar-refractivity contribution in [2.45, 2.75) is 6.92 Å². The predicted octanol–water partition coefficient (Wildman–Crippen LogP) is 0.251. The summed E-state index contributed by atoms with van der Waals surface area (Å²) < 4.78 is 1.33. The topological polar surface area (TPSA) is 107 Å². The van der Waals surface area contributed by atoms with Crippen LogP contribution in [0.15, 0.2) is 18.5 Å². The van der Waals surface area contributed by atoms with Crippen LogP contribution in [0.25, 0.3) is 5.95 Å². The minimum absolute atomic E-state index is 0.0643. The Hall–Kier alpha value is -2.44. The highest BCUT2D eigenvalue weighted by atomic mass is 16.4. The maximum Gasteiger partial charge on any atom is 0.339 e. The number of anilines is 1. The van der Waals surface area contributed by atoms with E-state index in [0.29, 0.717) is 11.5 Å². The van der Waals surface area contributed by atoms with Crippen molar-refractivity contribution in [3.8, 4) is 5.95 Å². The van der Waals surface area contributed by atoms with Crippen LogP contribution in [0.4, 0.5) is 5.82 Å². The van der Waals surface area contributed by atoms with Crippen LogP contribution in [0.2, 0.25) is 0 Å². The van der Waals surface area contributed by atoms with Gasteiger partial charge in [-0.2, -0.15) is 9.78 Å². The van der Waals surface area contributed by atoms with Crippen LogP contribution >= 0.6 is 0 Å². The lowest BCUT2D eigenvalue weighted by Crippen LogP contribution is -2.10. The van der Waals surface area contributed by atoms with Gasteiger partial charge < -0.3 is 10.8 Å². The highest BCUT2D eigenvalue weighted by Gasteiger charge is 2.11. The summed E-state index contributed by atoms with van der Waals surface area (Å²) in [7, 11) is 0. The largest absolute Gasteiger partial charge is 0.478 e. The van der Waals surface area contributed by atoms with Gasteiger partial charge in [0.2, 0.25) is 0 Å². The summed E-state index contributed by atoms with van der Waals surface area (Å²) in [5.41, 5.74) is 6.06. The first kappa shape index (κ1) is 10.1. The molecule has 0 spiro atoms. The Morgan fingerprint density at radius 2 is 2.31 bits per heavy atom. The molecular weight excluding hydrogens is 210 g/mol. The number of hydrogen-bond donors (Lipinski definition) is 2. The lowest BCUT2D eigenvalue weighted by Gasteiger charge is -2.04. The third-order valence-electron chi connectivity index (χ3n) is 2.06. The van der Waals surface area contributed by atoms with E-state index in [9.17, 15) is 4.79 Å². The Morgan fingerprint density at radius 3 is 2.81 bits per heavy atom. The first-order chi connectivity index (χ1) is 7.59. The van der Waals surface area contributed by atoms with E-state index in [1.165, 1.54) is 17.1 Å². The molecule has 82 valence electrons. The number of aromatic nitrogens is 4. The van der Waals surface area contributed by atoms with Gasteiger partial charge in [0.1, 0.15) is 5.82 Å². The Labute approximate surface area is 90.6 Å². The molecule has 0 unspecified atom stereocenters. The van der Waals surface area contributed by atoms with Crippen molar-refractivity contribution in [3.63, 3.8) is 0 Å². The molecular formula is C9H9N5O2. The molecule has 2 aromatic rings. The van der Waals surface area contributed by atoms with E-state index in [1.807, 2.05) is 0 Å². The van der Waals surface area contributed by atoms with E-state index in [-0.39, 0.29) is 11.5 Å². The fraction of sp³-hybridized carbons (Fsp3) is 0.111. The third-order valence-corrected chi connectivity index (χ3v) is 2.06. The van der Waals surface area contributed by atoms with Crippen LogP contribution in [0.5, 0.6) is 0 Å². The van der Waals surface area contributed by atoms with Crippen molar-refractivity contribution >= 4 is 11.8 Å². The molecule has 0 aliphatic heterocycles. The number of aromatic carboxylic acids is 1. The number of nitrogens with two attached hydrogens (primary N) is 1. The number of nitrogens with zero attached hydrogens (tertiary/aromatic N) is 4. The number of carboxylic acids is 1. The lowest BCUT2D eigenvalue weighted by molar-refractivity contribution is 0.0695. The predicted molar refractivity (Wildman–Crippen MR) is 55.3 cm³/mol. The second-order valence-corrected chi connectivity index (χ2v) is 3.14. The van der Waals surface area contributed by atoms with E-state index in [2.05, 4.69) is 15.1 Å². The highest BCUT2D eigenvalue weighted by molar-refractivity contribution is 5.88. The summed E-state index contributed by atoms with van der Waals surface area (Å²) in [6.45, 7) is 1.59. The first-order valence-corrected chi connectivity index (χ1v) is 4.46. The molecule has 0 radical (unpaired) electrons. The zero-order chi connectivity index (χ0) is 11.7. The van der Waals surface area contributed by atoms with Crippen LogP contribution in [0, 0.1) is 6.92 Å². The summed E-state index contributed by atoms with van der Waals surface area (Å²) >= 11 is 0. The molecule has 16 heavy (non-hydrogen) atoms. The maximum absolute atomic E-state index is 10.8. The van der Waals surface area contributed by atoms with E-state index in [0.717, 1.165) is 0 Å². The number of nitrogen functional groups attached to an aromatic ring is 1. The van der Waals surface area contributed by atoms with Gasteiger partial charge in [-0.15, -0.1) is 0 Å². The molecule has 0 aliphatic carbocycles. The van der Waals surface area contributed by atoms with Crippen molar-refractivity contribution < 1.29 is 9.90 Å². The van der Waals surface area contributed by atoms with Crippen LogP contribution in [0.3, 0.4) is 0 Å². The summed E-state index contributed by atoms with van der Waals surface area (Å²) in [6.07, 6.45) is 2.75. The number of rotatable bonds is 2. The molecule has 3 N–H and O–H groups in total. The Kier molecular flexibility index (Phi) is 2.28. The van der Waals surface area contributed by atoms with Gasteiger partial charge in [-0.3, -0.25) is 0 Å². The average molecular weight is 219 g/mol. The molecule has 7 heteroatoms. The minimum atomic E-state index is -1.06. The number of carbonyl (C=O) groups is 1. The minimum Gasteiger partial charge on any atom is -0.478 e. The Morgan fingerprint density at radius 1 is 1.56 bits per heavy atom. The van der Waals surface area contributed by atoms with Gasteiger partial charge in [0, 0.05) is 12.3 Å². The molecule has 0 fully saturated rings. The van der Waals surface area contributed by atoms with Gasteiger partial charge in [-0.1, -0.05) is 0 Å². The molecule has 7 nitrogen and oxygen atoms in total. The van der Waals surface area contributed by atoms with Crippen LogP contribution < -0.4 is 5.73 Å². The molecule has 2 heterocycles. The van der Waals surface area contributed by atoms with Crippen molar-refractivity contribution in [2.24, 2.45) is 0 Å². The quantitative estimate of drug-likeness (QED) is 0.749. The Balaban J connectivity index is 2.50. The molecule has 0 saturated carbocycles. The SMILES string of the molecule is Cc1nc(-n2nccc2N)ncc1C(=O)O. The van der Waals surface area contributed by atoms with Gasteiger partial charge in [0.05, 0.1) is 17.5 Å². The highest BCUT2D eigenvalue weighted by Crippen LogP contribution is 2.10. The first-order valence-electron chi connectivity index (χ1n) is 4.46. The number of aryl methyl sites for hydroxylation is 1. The van der Waals surface area contributed by atoms with Crippen molar-refractivity contribution in [1.82, 2.24) is 19.7 Å². The van der Waals surface area contributed by atoms with Gasteiger partial charge in [0.25, 0.3) is 5.95 Å². The standard InChI is InChI=1S/C9H9N5O2/c1-5-6(8(15)16)4-11-9(13-5)14-7(10)2-3-12-14/h2-4H,10H2,1H3,(H,15,16). The summed E-state index contributed by atoms with van der Waals surface area (Å²) in [6, 6.07) is 1.60. The van der Waals surface area contributed by atoms with E-state index in [4.69, 9.17) is 10.8 Å². The molecule has 0 amide bonds. The van der Waals surface area contributed by atoms with Gasteiger partial charge in [-0.05, 0) is 6.92 Å². The van der Waals surface area contributed by atoms with Gasteiger partial charge in [-0.25, -0.2) is 14.8 Å². The zero-order valence-corrected chi connectivity index (χ0v) is 8.45. The smallest absolute Gasteiger partial charge is 0.339 e. The van der Waals surface area contributed by atoms with Crippen LogP contribution in [-0.2, 0) is 0 Å². The molecule has 2 aromatic heterocycles. The molecule has 0 aliphatic rings. The Bertz CT molecular complexity index is 549. The summed E-state index contributed by atoms with van der Waals surface area (Å²) in [4.78, 5) is 18.7. The summed E-state index contributed by atoms with van der Waals surface area (Å²) in [5.74, 6) is -0.412. The normalized spacial score (nSPS) is 10.3. The molecule has 0 bridgehead atoms. The molecule has 0 atom stereocenters. The molecule has 2 rings (SSSR count). The van der Waals surface area contributed by atoms with E-state index in [1.54, 1.807) is 13.0 Å². The van der Waals surface area contributed by atoms with Gasteiger partial charge in [0.15, 0.2) is 0 Å². The number of hydrogen-bond acceptors (Lipinski definition) is 5. The molecule has 0 saturated heterocycles. The van der Waals surface area contributed by atoms with Crippen molar-refractivity contribution in [2.75, 3.05) is 5.73 Å². The fourth-order valence-corrected chi connectivity index (χ4v) is 1.25. The van der Waals surface area contributed by atoms with Crippen molar-refractivity contribution in [1.29, 1.82) is 0 Å². The van der Waals surface area contributed by atoms with E-state index >= 15 is 0 Å². The zero-order valence-electron chi connectivity index (χ0n) is 8.45. The van der Waals surface area contributed by atoms with E-state index < -0.39 is 5.97 Å². The summed E-state index contributed by atoms with van der Waals surface area (Å²) in [5, 5.41) is 12.7. The average Bonchev–Trinajstić information content (AvgIpc) is 2.63. The second-order valence-electron chi connectivity index (χ2n) is 3.14. The lowest BCUT2D eigenvalue weighted by atomic mass is 10.2. The monoisotopic (exact) mass is 219 g/mol. The maximum atomic E-state index is 10.8. The van der Waals surface area contributed by atoms with Crippen LogP contribution in [-0.4, -0.2) is 30.8 Å². The van der Waals surface area contributed by atoms with Crippen LogP contribution in [0.1, 0.15) is 16.1 Å². The van der Waals surface area contributed by atoms with Gasteiger partial charge >= 0.3 is 5.97 Å². The molecule has 0 aromatic carbocycles.